The molecule has 0 aromatic carbocycles. The smallest absolute Gasteiger partial charge is 0.305 e. The number of rotatable bonds is 8. The lowest BCUT2D eigenvalue weighted by atomic mass is 10.1. The number of esters is 1. The fraction of sp³-hybridized carbons (Fsp3) is 0.700. The van der Waals surface area contributed by atoms with Crippen LogP contribution in [0.15, 0.2) is 0 Å². The van der Waals surface area contributed by atoms with Crippen molar-refractivity contribution in [2.24, 2.45) is 0 Å². The molecule has 4 heteroatoms. The second kappa shape index (κ2) is 8.41. The van der Waals surface area contributed by atoms with Gasteiger partial charge in [-0.15, -0.1) is 0 Å². The molecule has 0 saturated heterocycles. The van der Waals surface area contributed by atoms with E-state index in [1.165, 1.54) is 7.11 Å². The van der Waals surface area contributed by atoms with E-state index in [1.54, 1.807) is 0 Å². The Hall–Kier alpha value is -1.19. The van der Waals surface area contributed by atoms with Gasteiger partial charge in [-0.05, 0) is 12.8 Å². The Balaban J connectivity index is 3.31. The molecule has 0 saturated carbocycles. The van der Waals surface area contributed by atoms with Crippen LogP contribution in [0.2, 0.25) is 0 Å². The number of methoxy groups -OCH3 is 1. The normalized spacial score (nSPS) is 9.50. The van der Waals surface area contributed by atoms with Crippen LogP contribution in [0.3, 0.4) is 0 Å². The summed E-state index contributed by atoms with van der Waals surface area (Å²) in [5.41, 5.74) is 0. The van der Waals surface area contributed by atoms with Crippen LogP contribution in [0.5, 0.6) is 0 Å². The molecule has 0 fully saturated rings. The van der Waals surface area contributed by atoms with E-state index in [-0.39, 0.29) is 11.8 Å². The van der Waals surface area contributed by atoms with E-state index in [2.05, 4.69) is 4.74 Å². The molecule has 0 bridgehead atoms. The first-order valence-electron chi connectivity index (χ1n) is 4.73. The third-order valence-electron chi connectivity index (χ3n) is 1.86. The van der Waals surface area contributed by atoms with Gasteiger partial charge in [0.25, 0.3) is 0 Å². The van der Waals surface area contributed by atoms with Crippen LogP contribution >= 0.6 is 0 Å². The van der Waals surface area contributed by atoms with E-state index in [0.29, 0.717) is 38.5 Å². The zero-order valence-corrected chi connectivity index (χ0v) is 8.45. The second-order valence-electron chi connectivity index (χ2n) is 3.03. The number of ketones is 1. The fourth-order valence-corrected chi connectivity index (χ4v) is 1.04. The standard InChI is InChI=1S/C10H16O4/c1-14-10(13)7-3-2-5-9(12)6-4-8-11/h8H,2-7H2,1H3. The molecule has 0 rings (SSSR count). The average molecular weight is 200 g/mol. The van der Waals surface area contributed by atoms with Crippen molar-refractivity contribution >= 4 is 18.0 Å². The molecule has 4 nitrogen and oxygen atoms in total. The topological polar surface area (TPSA) is 60.4 Å². The van der Waals surface area contributed by atoms with Gasteiger partial charge < -0.3 is 9.53 Å². The predicted molar refractivity (Wildman–Crippen MR) is 50.8 cm³/mol. The first-order chi connectivity index (χ1) is 6.70. The first-order valence-corrected chi connectivity index (χ1v) is 4.73. The van der Waals surface area contributed by atoms with E-state index < -0.39 is 0 Å². The quantitative estimate of drug-likeness (QED) is 0.336. The fourth-order valence-electron chi connectivity index (χ4n) is 1.04. The van der Waals surface area contributed by atoms with Gasteiger partial charge in [-0.1, -0.05) is 0 Å². The highest BCUT2D eigenvalue weighted by atomic mass is 16.5. The lowest BCUT2D eigenvalue weighted by molar-refractivity contribution is -0.140. The largest absolute Gasteiger partial charge is 0.469 e. The molecular weight excluding hydrogens is 184 g/mol. The number of hydrogen-bond donors (Lipinski definition) is 0. The van der Waals surface area contributed by atoms with E-state index >= 15 is 0 Å². The van der Waals surface area contributed by atoms with Crippen molar-refractivity contribution in [3.8, 4) is 0 Å². The third kappa shape index (κ3) is 7.46. The van der Waals surface area contributed by atoms with Crippen molar-refractivity contribution in [3.63, 3.8) is 0 Å². The number of aldehydes is 1. The van der Waals surface area contributed by atoms with E-state index in [4.69, 9.17) is 0 Å². The zero-order valence-electron chi connectivity index (χ0n) is 8.45. The maximum Gasteiger partial charge on any atom is 0.305 e. The van der Waals surface area contributed by atoms with Crippen LogP contribution < -0.4 is 0 Å². The molecule has 0 spiro atoms. The van der Waals surface area contributed by atoms with E-state index in [1.807, 2.05) is 0 Å². The van der Waals surface area contributed by atoms with Gasteiger partial charge in [-0.3, -0.25) is 9.59 Å². The lowest BCUT2D eigenvalue weighted by Crippen LogP contribution is -2.01. The number of carbonyl (C=O) groups excluding carboxylic acids is 3. The van der Waals surface area contributed by atoms with Crippen LogP contribution in [0.1, 0.15) is 38.5 Å². The zero-order chi connectivity index (χ0) is 10.8. The van der Waals surface area contributed by atoms with Crippen LogP contribution in [0.25, 0.3) is 0 Å². The molecule has 14 heavy (non-hydrogen) atoms. The molecule has 0 aromatic heterocycles. The minimum Gasteiger partial charge on any atom is -0.469 e. The van der Waals surface area contributed by atoms with E-state index in [9.17, 15) is 14.4 Å². The molecule has 0 aliphatic heterocycles. The number of Topliss-reactive ketones (excluding diaryl/α,β-unsaturated/α-hetero) is 1. The van der Waals surface area contributed by atoms with Crippen molar-refractivity contribution < 1.29 is 19.1 Å². The van der Waals surface area contributed by atoms with Gasteiger partial charge in [0.15, 0.2) is 0 Å². The average Bonchev–Trinajstić information content (AvgIpc) is 2.21. The maximum absolute atomic E-state index is 11.0. The highest BCUT2D eigenvalue weighted by Crippen LogP contribution is 2.04. The molecule has 0 N–H and O–H groups in total. The Bertz CT molecular complexity index is 198. The molecule has 0 atom stereocenters. The van der Waals surface area contributed by atoms with Gasteiger partial charge in [-0.2, -0.15) is 0 Å². The number of unbranched alkanes of at least 4 members (excludes halogenated alkanes) is 1. The van der Waals surface area contributed by atoms with Crippen molar-refractivity contribution in [2.45, 2.75) is 38.5 Å². The summed E-state index contributed by atoms with van der Waals surface area (Å²) in [6, 6.07) is 0. The summed E-state index contributed by atoms with van der Waals surface area (Å²) >= 11 is 0. The molecule has 0 amide bonds. The van der Waals surface area contributed by atoms with Crippen molar-refractivity contribution in [2.75, 3.05) is 7.11 Å². The molecule has 0 radical (unpaired) electrons. The van der Waals surface area contributed by atoms with Gasteiger partial charge in [-0.25, -0.2) is 0 Å². The highest BCUT2D eigenvalue weighted by molar-refractivity contribution is 5.80. The Morgan fingerprint density at radius 3 is 2.36 bits per heavy atom. The Morgan fingerprint density at radius 2 is 1.79 bits per heavy atom. The number of hydrogen-bond acceptors (Lipinski definition) is 4. The summed E-state index contributed by atoms with van der Waals surface area (Å²) < 4.78 is 4.45. The molecule has 0 aromatic rings. The third-order valence-corrected chi connectivity index (χ3v) is 1.86. The van der Waals surface area contributed by atoms with Crippen molar-refractivity contribution in [1.82, 2.24) is 0 Å². The predicted octanol–water partition coefficient (Wildman–Crippen LogP) is 1.27. The monoisotopic (exact) mass is 200 g/mol. The Kier molecular flexibility index (Phi) is 7.70. The van der Waals surface area contributed by atoms with Crippen LogP contribution in [-0.2, 0) is 19.1 Å². The SMILES string of the molecule is COC(=O)CCCCC(=O)CCC=O. The van der Waals surface area contributed by atoms with Gasteiger partial charge in [0.1, 0.15) is 12.1 Å². The summed E-state index contributed by atoms with van der Waals surface area (Å²) in [6.07, 6.45) is 3.53. The van der Waals surface area contributed by atoms with Crippen molar-refractivity contribution in [1.29, 1.82) is 0 Å². The summed E-state index contributed by atoms with van der Waals surface area (Å²) in [6.45, 7) is 0. The van der Waals surface area contributed by atoms with Gasteiger partial charge in [0.05, 0.1) is 7.11 Å². The van der Waals surface area contributed by atoms with Gasteiger partial charge in [0.2, 0.25) is 0 Å². The Labute approximate surface area is 83.6 Å². The highest BCUT2D eigenvalue weighted by Gasteiger charge is 2.03. The Morgan fingerprint density at radius 1 is 1.14 bits per heavy atom. The van der Waals surface area contributed by atoms with Crippen LogP contribution in [0, 0.1) is 0 Å². The van der Waals surface area contributed by atoms with Crippen molar-refractivity contribution in [3.05, 3.63) is 0 Å². The maximum atomic E-state index is 11.0. The minimum atomic E-state index is -0.245. The first kappa shape index (κ1) is 12.8. The van der Waals surface area contributed by atoms with E-state index in [0.717, 1.165) is 6.29 Å². The molecule has 0 heterocycles. The number of ether oxygens (including phenoxy) is 1. The molecular formula is C10H16O4. The van der Waals surface area contributed by atoms with Gasteiger partial charge >= 0.3 is 5.97 Å². The molecule has 0 aliphatic rings. The van der Waals surface area contributed by atoms with Crippen LogP contribution in [-0.4, -0.2) is 25.1 Å². The summed E-state index contributed by atoms with van der Waals surface area (Å²) in [5, 5.41) is 0. The number of carbonyl (C=O) groups is 3. The minimum absolute atomic E-state index is 0.0852. The molecule has 0 aliphatic carbocycles. The summed E-state index contributed by atoms with van der Waals surface area (Å²) in [5.74, 6) is -0.160. The lowest BCUT2D eigenvalue weighted by Gasteiger charge is -1.99. The second-order valence-corrected chi connectivity index (χ2v) is 3.03. The van der Waals surface area contributed by atoms with Gasteiger partial charge in [0, 0.05) is 25.7 Å². The summed E-state index contributed by atoms with van der Waals surface area (Å²) in [4.78, 5) is 31.7. The molecule has 0 unspecified atom stereocenters. The summed E-state index contributed by atoms with van der Waals surface area (Å²) in [7, 11) is 1.34. The molecule has 80 valence electrons. The van der Waals surface area contributed by atoms with Crippen LogP contribution in [0.4, 0.5) is 0 Å².